The van der Waals surface area contributed by atoms with Crippen molar-refractivity contribution >= 4 is 22.9 Å². The standard InChI is InChI=1S/C10H11ClN2OS/c11-10-8(3-4-14-10)9(13-12)6-7-2-1-5-15-7/h1-5,9,13H,6,12H2. The Morgan fingerprint density at radius 1 is 1.53 bits per heavy atom. The van der Waals surface area contributed by atoms with E-state index in [1.165, 1.54) is 4.88 Å². The number of furan rings is 1. The fourth-order valence-corrected chi connectivity index (χ4v) is 2.44. The topological polar surface area (TPSA) is 51.2 Å². The average molecular weight is 243 g/mol. The second-order valence-electron chi connectivity index (χ2n) is 3.15. The molecule has 5 heteroatoms. The van der Waals surface area contributed by atoms with Crippen molar-refractivity contribution < 1.29 is 4.42 Å². The first-order valence-electron chi connectivity index (χ1n) is 4.52. The quantitative estimate of drug-likeness (QED) is 0.640. The van der Waals surface area contributed by atoms with Crippen molar-refractivity contribution in [3.05, 3.63) is 45.5 Å². The summed E-state index contributed by atoms with van der Waals surface area (Å²) in [6, 6.07) is 5.92. The molecule has 3 N–H and O–H groups in total. The van der Waals surface area contributed by atoms with Gasteiger partial charge in [-0.2, -0.15) is 0 Å². The molecule has 0 bridgehead atoms. The molecule has 0 saturated carbocycles. The second kappa shape index (κ2) is 4.81. The van der Waals surface area contributed by atoms with E-state index in [-0.39, 0.29) is 6.04 Å². The van der Waals surface area contributed by atoms with Crippen LogP contribution in [-0.4, -0.2) is 0 Å². The lowest BCUT2D eigenvalue weighted by molar-refractivity contribution is 0.529. The molecule has 2 heterocycles. The summed E-state index contributed by atoms with van der Waals surface area (Å²) in [5.41, 5.74) is 3.64. The van der Waals surface area contributed by atoms with Gasteiger partial charge in [-0.05, 0) is 29.1 Å². The van der Waals surface area contributed by atoms with Crippen LogP contribution in [0.4, 0.5) is 0 Å². The maximum atomic E-state index is 5.89. The van der Waals surface area contributed by atoms with Crippen molar-refractivity contribution in [1.82, 2.24) is 5.43 Å². The molecule has 0 spiro atoms. The van der Waals surface area contributed by atoms with Crippen LogP contribution in [0.2, 0.25) is 5.22 Å². The summed E-state index contributed by atoms with van der Waals surface area (Å²) < 4.78 is 5.04. The fourth-order valence-electron chi connectivity index (χ4n) is 1.44. The summed E-state index contributed by atoms with van der Waals surface area (Å²) in [4.78, 5) is 1.26. The van der Waals surface area contributed by atoms with E-state index in [1.807, 2.05) is 17.5 Å². The third-order valence-electron chi connectivity index (χ3n) is 2.21. The van der Waals surface area contributed by atoms with E-state index in [0.29, 0.717) is 5.22 Å². The van der Waals surface area contributed by atoms with Crippen LogP contribution in [-0.2, 0) is 6.42 Å². The second-order valence-corrected chi connectivity index (χ2v) is 4.53. The lowest BCUT2D eigenvalue weighted by Gasteiger charge is -2.13. The number of halogens is 1. The fraction of sp³-hybridized carbons (Fsp3) is 0.200. The van der Waals surface area contributed by atoms with Gasteiger partial charge < -0.3 is 4.42 Å². The summed E-state index contributed by atoms with van der Waals surface area (Å²) in [7, 11) is 0. The summed E-state index contributed by atoms with van der Waals surface area (Å²) in [6.45, 7) is 0. The number of nitrogens with one attached hydrogen (secondary N) is 1. The Labute approximate surface area is 96.8 Å². The molecule has 80 valence electrons. The first-order valence-corrected chi connectivity index (χ1v) is 5.78. The van der Waals surface area contributed by atoms with E-state index in [4.69, 9.17) is 21.9 Å². The van der Waals surface area contributed by atoms with E-state index in [0.717, 1.165) is 12.0 Å². The zero-order chi connectivity index (χ0) is 10.7. The van der Waals surface area contributed by atoms with Gasteiger partial charge in [0.1, 0.15) is 0 Å². The van der Waals surface area contributed by atoms with Crippen LogP contribution in [0, 0.1) is 0 Å². The van der Waals surface area contributed by atoms with Gasteiger partial charge in [0, 0.05) is 16.9 Å². The van der Waals surface area contributed by atoms with Crippen molar-refractivity contribution in [3.63, 3.8) is 0 Å². The predicted octanol–water partition coefficient (Wildman–Crippen LogP) is 2.74. The third-order valence-corrected chi connectivity index (χ3v) is 3.41. The molecule has 2 aromatic heterocycles. The van der Waals surface area contributed by atoms with E-state index in [9.17, 15) is 0 Å². The highest BCUT2D eigenvalue weighted by Gasteiger charge is 2.16. The largest absolute Gasteiger partial charge is 0.453 e. The summed E-state index contributed by atoms with van der Waals surface area (Å²) in [6.07, 6.45) is 2.38. The molecule has 1 unspecified atom stereocenters. The average Bonchev–Trinajstić information content (AvgIpc) is 2.85. The van der Waals surface area contributed by atoms with Crippen LogP contribution < -0.4 is 11.3 Å². The molecule has 15 heavy (non-hydrogen) atoms. The monoisotopic (exact) mass is 242 g/mol. The molecule has 0 aliphatic heterocycles. The lowest BCUT2D eigenvalue weighted by Crippen LogP contribution is -2.29. The first kappa shape index (κ1) is 10.7. The minimum atomic E-state index is -0.00472. The third kappa shape index (κ3) is 2.41. The highest BCUT2D eigenvalue weighted by atomic mass is 35.5. The number of hydrogen-bond donors (Lipinski definition) is 2. The Morgan fingerprint density at radius 2 is 2.40 bits per heavy atom. The number of nitrogens with two attached hydrogens (primary N) is 1. The van der Waals surface area contributed by atoms with Crippen molar-refractivity contribution in [3.8, 4) is 0 Å². The van der Waals surface area contributed by atoms with Crippen LogP contribution in [0.15, 0.2) is 34.3 Å². The van der Waals surface area contributed by atoms with E-state index >= 15 is 0 Å². The smallest absolute Gasteiger partial charge is 0.197 e. The van der Waals surface area contributed by atoms with Crippen molar-refractivity contribution in [2.75, 3.05) is 0 Å². The van der Waals surface area contributed by atoms with Gasteiger partial charge in [-0.25, -0.2) is 0 Å². The maximum Gasteiger partial charge on any atom is 0.197 e. The number of hydrazine groups is 1. The predicted molar refractivity (Wildman–Crippen MR) is 61.8 cm³/mol. The van der Waals surface area contributed by atoms with E-state index in [2.05, 4.69) is 11.5 Å². The molecule has 0 aliphatic carbocycles. The Kier molecular flexibility index (Phi) is 3.43. The molecule has 0 amide bonds. The number of thiophene rings is 1. The van der Waals surface area contributed by atoms with Crippen LogP contribution in [0.25, 0.3) is 0 Å². The summed E-state index contributed by atoms with van der Waals surface area (Å²) in [5, 5.41) is 2.44. The summed E-state index contributed by atoms with van der Waals surface area (Å²) in [5.74, 6) is 5.50. The molecule has 2 rings (SSSR count). The van der Waals surface area contributed by atoms with Crippen LogP contribution >= 0.6 is 22.9 Å². The lowest BCUT2D eigenvalue weighted by atomic mass is 10.1. The van der Waals surface area contributed by atoms with Gasteiger partial charge in [-0.3, -0.25) is 11.3 Å². The van der Waals surface area contributed by atoms with Crippen LogP contribution in [0.1, 0.15) is 16.5 Å². The molecular weight excluding hydrogens is 232 g/mol. The minimum Gasteiger partial charge on any atom is -0.453 e. The zero-order valence-electron chi connectivity index (χ0n) is 7.94. The van der Waals surface area contributed by atoms with Crippen molar-refractivity contribution in [2.45, 2.75) is 12.5 Å². The van der Waals surface area contributed by atoms with Crippen LogP contribution in [0.5, 0.6) is 0 Å². The van der Waals surface area contributed by atoms with Crippen LogP contribution in [0.3, 0.4) is 0 Å². The molecule has 0 fully saturated rings. The number of hydrogen-bond acceptors (Lipinski definition) is 4. The normalized spacial score (nSPS) is 12.9. The molecule has 3 nitrogen and oxygen atoms in total. The zero-order valence-corrected chi connectivity index (χ0v) is 9.52. The van der Waals surface area contributed by atoms with Crippen molar-refractivity contribution in [2.24, 2.45) is 5.84 Å². The van der Waals surface area contributed by atoms with Gasteiger partial charge in [0.2, 0.25) is 0 Å². The number of rotatable bonds is 4. The Hall–Kier alpha value is -0.810. The maximum absolute atomic E-state index is 5.89. The van der Waals surface area contributed by atoms with Gasteiger partial charge in [0.25, 0.3) is 0 Å². The first-order chi connectivity index (χ1) is 7.31. The van der Waals surface area contributed by atoms with E-state index in [1.54, 1.807) is 17.6 Å². The Morgan fingerprint density at radius 3 is 2.93 bits per heavy atom. The van der Waals surface area contributed by atoms with Gasteiger partial charge in [-0.15, -0.1) is 11.3 Å². The highest BCUT2D eigenvalue weighted by Crippen LogP contribution is 2.27. The SMILES string of the molecule is NNC(Cc1cccs1)c1ccoc1Cl. The minimum absolute atomic E-state index is 0.00472. The Balaban J connectivity index is 2.15. The summed E-state index contributed by atoms with van der Waals surface area (Å²) >= 11 is 7.60. The van der Waals surface area contributed by atoms with Gasteiger partial charge in [0.15, 0.2) is 5.22 Å². The molecule has 0 radical (unpaired) electrons. The van der Waals surface area contributed by atoms with Crippen molar-refractivity contribution in [1.29, 1.82) is 0 Å². The van der Waals surface area contributed by atoms with E-state index < -0.39 is 0 Å². The van der Waals surface area contributed by atoms with Gasteiger partial charge in [0.05, 0.1) is 12.3 Å². The van der Waals surface area contributed by atoms with Gasteiger partial charge in [-0.1, -0.05) is 6.07 Å². The molecule has 0 aliphatic rings. The highest BCUT2D eigenvalue weighted by molar-refractivity contribution is 7.09. The molecule has 1 atom stereocenters. The molecule has 2 aromatic rings. The molecule has 0 saturated heterocycles. The molecular formula is C10H11ClN2OS. The Bertz CT molecular complexity index is 413. The van der Waals surface area contributed by atoms with Gasteiger partial charge >= 0.3 is 0 Å². The molecule has 0 aromatic carbocycles.